The third kappa shape index (κ3) is 2.40. The third-order valence-corrected chi connectivity index (χ3v) is 3.14. The summed E-state index contributed by atoms with van der Waals surface area (Å²) in [6.45, 7) is 0. The van der Waals surface area contributed by atoms with Crippen molar-refractivity contribution in [1.29, 1.82) is 0 Å². The number of carbonyl (C=O) groups excluding carboxylic acids is 1. The molecule has 1 amide bonds. The lowest BCUT2D eigenvalue weighted by atomic mass is 10.1. The Morgan fingerprint density at radius 2 is 1.84 bits per heavy atom. The zero-order valence-electron chi connectivity index (χ0n) is 9.57. The van der Waals surface area contributed by atoms with Crippen LogP contribution in [-0.2, 0) is 9.59 Å². The van der Waals surface area contributed by atoms with E-state index in [9.17, 15) is 22.8 Å². The van der Waals surface area contributed by atoms with Crippen LogP contribution in [0.1, 0.15) is 17.9 Å². The lowest BCUT2D eigenvalue weighted by Gasteiger charge is -2.16. The van der Waals surface area contributed by atoms with E-state index in [-0.39, 0.29) is 6.42 Å². The molecule has 1 aromatic carbocycles. The molecular formula is C12H10F3NO3. The Balaban J connectivity index is 2.20. The van der Waals surface area contributed by atoms with Gasteiger partial charge in [0.15, 0.2) is 0 Å². The van der Waals surface area contributed by atoms with Crippen LogP contribution in [0, 0.1) is 0 Å². The van der Waals surface area contributed by atoms with Crippen LogP contribution in [0.5, 0.6) is 0 Å². The highest BCUT2D eigenvalue weighted by atomic mass is 19.4. The molecule has 1 saturated carbocycles. The Hall–Kier alpha value is -2.05. The van der Waals surface area contributed by atoms with Gasteiger partial charge in [-0.25, -0.2) is 4.79 Å². The Morgan fingerprint density at radius 1 is 1.26 bits per heavy atom. The molecule has 2 rings (SSSR count). The van der Waals surface area contributed by atoms with Gasteiger partial charge in [0.05, 0.1) is 0 Å². The van der Waals surface area contributed by atoms with E-state index in [0.717, 1.165) is 0 Å². The fourth-order valence-electron chi connectivity index (χ4n) is 2.05. The van der Waals surface area contributed by atoms with E-state index in [1.165, 1.54) is 0 Å². The van der Waals surface area contributed by atoms with E-state index in [0.29, 0.717) is 5.56 Å². The van der Waals surface area contributed by atoms with Crippen LogP contribution < -0.4 is 5.32 Å². The van der Waals surface area contributed by atoms with Crippen LogP contribution >= 0.6 is 0 Å². The van der Waals surface area contributed by atoms with Gasteiger partial charge in [0.2, 0.25) is 0 Å². The third-order valence-electron chi connectivity index (χ3n) is 3.14. The summed E-state index contributed by atoms with van der Waals surface area (Å²) in [5.41, 5.74) is -1.26. The highest BCUT2D eigenvalue weighted by molar-refractivity contribution is 5.93. The van der Waals surface area contributed by atoms with Crippen molar-refractivity contribution in [2.24, 2.45) is 0 Å². The number of nitrogens with one attached hydrogen (secondary N) is 1. The minimum atomic E-state index is -5.09. The number of rotatable bonds is 3. The maximum Gasteiger partial charge on any atom is 0.471 e. The van der Waals surface area contributed by atoms with Crippen molar-refractivity contribution in [1.82, 2.24) is 5.32 Å². The lowest BCUT2D eigenvalue weighted by molar-refractivity contribution is -0.176. The molecule has 1 aliphatic carbocycles. The number of benzene rings is 1. The minimum Gasteiger partial charge on any atom is -0.479 e. The van der Waals surface area contributed by atoms with Crippen molar-refractivity contribution in [2.45, 2.75) is 24.1 Å². The monoisotopic (exact) mass is 273 g/mol. The molecule has 4 nitrogen and oxygen atoms in total. The molecule has 1 aliphatic rings. The van der Waals surface area contributed by atoms with E-state index in [2.05, 4.69) is 0 Å². The highest BCUT2D eigenvalue weighted by Crippen LogP contribution is 2.51. The molecule has 0 unspecified atom stereocenters. The molecule has 0 heterocycles. The first-order valence-electron chi connectivity index (χ1n) is 5.45. The van der Waals surface area contributed by atoms with Gasteiger partial charge in [0, 0.05) is 5.92 Å². The number of carboxylic acid groups (broad SMARTS) is 1. The van der Waals surface area contributed by atoms with Crippen molar-refractivity contribution in [3.05, 3.63) is 35.9 Å². The van der Waals surface area contributed by atoms with E-state index in [1.54, 1.807) is 35.6 Å². The highest BCUT2D eigenvalue weighted by Gasteiger charge is 2.64. The summed E-state index contributed by atoms with van der Waals surface area (Å²) < 4.78 is 36.6. The van der Waals surface area contributed by atoms with Crippen molar-refractivity contribution in [2.75, 3.05) is 0 Å². The molecule has 102 valence electrons. The first kappa shape index (κ1) is 13.4. The first-order chi connectivity index (χ1) is 8.77. The molecule has 1 fully saturated rings. The van der Waals surface area contributed by atoms with E-state index >= 15 is 0 Å². The largest absolute Gasteiger partial charge is 0.479 e. The molecule has 2 N–H and O–H groups in total. The van der Waals surface area contributed by atoms with Gasteiger partial charge < -0.3 is 10.4 Å². The van der Waals surface area contributed by atoms with Gasteiger partial charge >= 0.3 is 18.1 Å². The van der Waals surface area contributed by atoms with Crippen molar-refractivity contribution in [3.8, 4) is 0 Å². The summed E-state index contributed by atoms with van der Waals surface area (Å²) in [5.74, 6) is -4.33. The number of carbonyl (C=O) groups is 2. The van der Waals surface area contributed by atoms with Crippen LogP contribution in [0.3, 0.4) is 0 Å². The maximum atomic E-state index is 12.2. The summed E-state index contributed by atoms with van der Waals surface area (Å²) in [6.07, 6.45) is -5.14. The number of halogens is 3. The van der Waals surface area contributed by atoms with Crippen LogP contribution in [-0.4, -0.2) is 28.7 Å². The Kier molecular flexibility index (Phi) is 3.00. The average molecular weight is 273 g/mol. The number of alkyl halides is 3. The van der Waals surface area contributed by atoms with Crippen LogP contribution in [0.4, 0.5) is 13.2 Å². The predicted octanol–water partition coefficient (Wildman–Crippen LogP) is 1.68. The number of hydrogen-bond acceptors (Lipinski definition) is 2. The molecule has 0 spiro atoms. The molecule has 1 aromatic rings. The Morgan fingerprint density at radius 3 is 2.32 bits per heavy atom. The molecule has 7 heteroatoms. The smallest absolute Gasteiger partial charge is 0.471 e. The zero-order valence-corrected chi connectivity index (χ0v) is 9.57. The molecule has 0 aromatic heterocycles. The minimum absolute atomic E-state index is 0.0475. The Bertz CT molecular complexity index is 515. The van der Waals surface area contributed by atoms with Gasteiger partial charge in [-0.05, 0) is 12.0 Å². The summed E-state index contributed by atoms with van der Waals surface area (Å²) in [5, 5.41) is 10.7. The number of amides is 1. The second-order valence-electron chi connectivity index (χ2n) is 4.40. The number of carboxylic acids is 1. The molecule has 2 atom stereocenters. The molecule has 0 saturated heterocycles. The van der Waals surface area contributed by atoms with Gasteiger partial charge in [-0.1, -0.05) is 30.3 Å². The summed E-state index contributed by atoms with van der Waals surface area (Å²) in [6, 6.07) is 8.27. The second kappa shape index (κ2) is 4.25. The van der Waals surface area contributed by atoms with Crippen molar-refractivity contribution in [3.63, 3.8) is 0 Å². The fraction of sp³-hybridized carbons (Fsp3) is 0.333. The van der Waals surface area contributed by atoms with Crippen molar-refractivity contribution < 1.29 is 27.9 Å². The molecular weight excluding hydrogens is 263 g/mol. The molecule has 0 radical (unpaired) electrons. The van der Waals surface area contributed by atoms with E-state index in [4.69, 9.17) is 5.11 Å². The van der Waals surface area contributed by atoms with Gasteiger partial charge in [0.25, 0.3) is 0 Å². The normalized spacial score (nSPS) is 25.7. The number of aliphatic carboxylic acids is 1. The summed E-state index contributed by atoms with van der Waals surface area (Å²) >= 11 is 0. The first-order valence-corrected chi connectivity index (χ1v) is 5.45. The second-order valence-corrected chi connectivity index (χ2v) is 4.40. The van der Waals surface area contributed by atoms with E-state index in [1.807, 2.05) is 0 Å². The van der Waals surface area contributed by atoms with Gasteiger partial charge in [-0.15, -0.1) is 0 Å². The summed E-state index contributed by atoms with van der Waals surface area (Å²) in [4.78, 5) is 22.0. The van der Waals surface area contributed by atoms with E-state index < -0.39 is 29.5 Å². The quantitative estimate of drug-likeness (QED) is 0.880. The van der Waals surface area contributed by atoms with Crippen LogP contribution in [0.25, 0.3) is 0 Å². The number of hydrogen-bond donors (Lipinski definition) is 2. The SMILES string of the molecule is O=C(N[C@@]1(C(=O)O)C[C@@H]1c1ccccc1)C(F)(F)F. The van der Waals surface area contributed by atoms with Crippen LogP contribution in [0.2, 0.25) is 0 Å². The predicted molar refractivity (Wildman–Crippen MR) is 58.4 cm³/mol. The maximum absolute atomic E-state index is 12.2. The standard InChI is InChI=1S/C12H10F3NO3/c13-12(14,15)9(17)16-11(10(18)19)6-8(11)7-4-2-1-3-5-7/h1-5,8H,6H2,(H,16,17)(H,18,19)/t8-,11+/m1/s1. The van der Waals surface area contributed by atoms with Gasteiger partial charge in [-0.3, -0.25) is 4.79 Å². The molecule has 0 aliphatic heterocycles. The Labute approximate surface area is 106 Å². The topological polar surface area (TPSA) is 66.4 Å². The fourth-order valence-corrected chi connectivity index (χ4v) is 2.05. The molecule has 0 bridgehead atoms. The lowest BCUT2D eigenvalue weighted by Crippen LogP contribution is -2.49. The van der Waals surface area contributed by atoms with Gasteiger partial charge in [0.1, 0.15) is 5.54 Å². The van der Waals surface area contributed by atoms with Crippen LogP contribution in [0.15, 0.2) is 30.3 Å². The molecule has 19 heavy (non-hydrogen) atoms. The average Bonchev–Trinajstić information content (AvgIpc) is 3.05. The van der Waals surface area contributed by atoms with Gasteiger partial charge in [-0.2, -0.15) is 13.2 Å². The van der Waals surface area contributed by atoms with Crippen molar-refractivity contribution >= 4 is 11.9 Å². The summed E-state index contributed by atoms with van der Waals surface area (Å²) in [7, 11) is 0. The zero-order chi connectivity index (χ0) is 14.3.